The molecule has 0 bridgehead atoms. The maximum atomic E-state index is 11.2. The highest BCUT2D eigenvalue weighted by molar-refractivity contribution is 9.09. The number of ether oxygens (including phenoxy) is 1. The van der Waals surface area contributed by atoms with E-state index in [0.717, 1.165) is 16.9 Å². The summed E-state index contributed by atoms with van der Waals surface area (Å²) in [6, 6.07) is 5.72. The van der Waals surface area contributed by atoms with E-state index in [0.29, 0.717) is 0 Å². The zero-order chi connectivity index (χ0) is 10.7. The molecule has 0 N–H and O–H groups in total. The van der Waals surface area contributed by atoms with E-state index in [-0.39, 0.29) is 10.6 Å². The first-order valence-corrected chi connectivity index (χ1v) is 5.27. The Bertz CT molecular complexity index is 347. The van der Waals surface area contributed by atoms with Gasteiger partial charge in [0.15, 0.2) is 0 Å². The maximum absolute atomic E-state index is 11.2. The molecule has 1 unspecified atom stereocenters. The van der Waals surface area contributed by atoms with Gasteiger partial charge >= 0.3 is 0 Å². The lowest BCUT2D eigenvalue weighted by Gasteiger charge is -2.11. The number of benzene rings is 1. The number of alkyl halides is 1. The van der Waals surface area contributed by atoms with Crippen LogP contribution in [0.3, 0.4) is 0 Å². The summed E-state index contributed by atoms with van der Waals surface area (Å²) in [7, 11) is 1.62. The van der Waals surface area contributed by atoms with Gasteiger partial charge in [-0.25, -0.2) is 0 Å². The topological polar surface area (TPSA) is 26.3 Å². The van der Waals surface area contributed by atoms with E-state index in [1.807, 2.05) is 25.1 Å². The third kappa shape index (κ3) is 2.35. The van der Waals surface area contributed by atoms with Crippen molar-refractivity contribution >= 4 is 21.7 Å². The smallest absolute Gasteiger partial charge is 0.147 e. The molecule has 1 aromatic carbocycles. The number of rotatable bonds is 3. The van der Waals surface area contributed by atoms with E-state index in [9.17, 15) is 4.79 Å². The van der Waals surface area contributed by atoms with Crippen molar-refractivity contribution in [1.29, 1.82) is 0 Å². The fraction of sp³-hybridized carbons (Fsp3) is 0.364. The molecule has 3 heteroatoms. The number of hydrogen-bond donors (Lipinski definition) is 0. The number of methoxy groups -OCH3 is 1. The number of Topliss-reactive ketones (excluding diaryl/α,β-unsaturated/α-hetero) is 1. The Morgan fingerprint density at radius 2 is 2.14 bits per heavy atom. The summed E-state index contributed by atoms with van der Waals surface area (Å²) >= 11 is 3.36. The number of halogens is 1. The van der Waals surface area contributed by atoms with Gasteiger partial charge in [0.25, 0.3) is 0 Å². The lowest BCUT2D eigenvalue weighted by atomic mass is 10.0. The first-order chi connectivity index (χ1) is 6.56. The zero-order valence-electron chi connectivity index (χ0n) is 8.50. The van der Waals surface area contributed by atoms with Gasteiger partial charge in [-0.3, -0.25) is 4.79 Å². The highest BCUT2D eigenvalue weighted by atomic mass is 79.9. The Labute approximate surface area is 92.4 Å². The molecule has 0 aliphatic heterocycles. The molecule has 1 rings (SSSR count). The van der Waals surface area contributed by atoms with Gasteiger partial charge in [-0.15, -0.1) is 0 Å². The third-order valence-corrected chi connectivity index (χ3v) is 3.25. The molecular weight excluding hydrogens is 244 g/mol. The summed E-state index contributed by atoms with van der Waals surface area (Å²) in [5.74, 6) is 0.873. The van der Waals surface area contributed by atoms with E-state index in [1.165, 1.54) is 0 Å². The molecule has 0 spiro atoms. The largest absolute Gasteiger partial charge is 0.497 e. The van der Waals surface area contributed by atoms with Crippen LogP contribution < -0.4 is 4.74 Å². The minimum atomic E-state index is -0.238. The highest BCUT2D eigenvalue weighted by Crippen LogP contribution is 2.29. The van der Waals surface area contributed by atoms with Crippen LogP contribution in [0.15, 0.2) is 18.2 Å². The number of carbonyl (C=O) groups is 1. The van der Waals surface area contributed by atoms with Crippen LogP contribution in [-0.4, -0.2) is 12.9 Å². The van der Waals surface area contributed by atoms with Crippen LogP contribution in [0.4, 0.5) is 0 Å². The predicted octanol–water partition coefficient (Wildman–Crippen LogP) is 3.03. The molecule has 1 aromatic rings. The highest BCUT2D eigenvalue weighted by Gasteiger charge is 2.15. The lowest BCUT2D eigenvalue weighted by Crippen LogP contribution is -2.03. The fourth-order valence-electron chi connectivity index (χ4n) is 1.24. The lowest BCUT2D eigenvalue weighted by molar-refractivity contribution is -0.116. The predicted molar refractivity (Wildman–Crippen MR) is 60.1 cm³/mol. The van der Waals surface area contributed by atoms with Crippen LogP contribution in [0, 0.1) is 6.92 Å². The summed E-state index contributed by atoms with van der Waals surface area (Å²) < 4.78 is 5.11. The van der Waals surface area contributed by atoms with E-state index in [4.69, 9.17) is 4.74 Å². The molecule has 0 radical (unpaired) electrons. The Hall–Kier alpha value is -0.830. The minimum Gasteiger partial charge on any atom is -0.497 e. The second kappa shape index (κ2) is 4.60. The van der Waals surface area contributed by atoms with Gasteiger partial charge in [-0.1, -0.05) is 22.0 Å². The Balaban J connectivity index is 3.11. The molecule has 0 fully saturated rings. The normalized spacial score (nSPS) is 12.3. The fourth-order valence-corrected chi connectivity index (χ4v) is 1.73. The van der Waals surface area contributed by atoms with E-state index >= 15 is 0 Å². The van der Waals surface area contributed by atoms with Crippen LogP contribution in [0.5, 0.6) is 5.75 Å². The first kappa shape index (κ1) is 11.2. The SMILES string of the molecule is COc1ccc(C)c(C(Br)C(C)=O)c1. The summed E-state index contributed by atoms with van der Waals surface area (Å²) in [4.78, 5) is 11.0. The van der Waals surface area contributed by atoms with Gasteiger partial charge in [0.2, 0.25) is 0 Å². The van der Waals surface area contributed by atoms with Crippen LogP contribution in [0.25, 0.3) is 0 Å². The Morgan fingerprint density at radius 3 is 2.64 bits per heavy atom. The monoisotopic (exact) mass is 256 g/mol. The van der Waals surface area contributed by atoms with Crippen molar-refractivity contribution in [2.24, 2.45) is 0 Å². The number of hydrogen-bond acceptors (Lipinski definition) is 2. The molecule has 0 heterocycles. The number of ketones is 1. The van der Waals surface area contributed by atoms with Crippen LogP contribution >= 0.6 is 15.9 Å². The summed E-state index contributed by atoms with van der Waals surface area (Å²) in [6.07, 6.45) is 0. The van der Waals surface area contributed by atoms with Crippen molar-refractivity contribution in [3.8, 4) is 5.75 Å². The second-order valence-electron chi connectivity index (χ2n) is 3.20. The summed E-state index contributed by atoms with van der Waals surface area (Å²) in [5, 5.41) is 0. The third-order valence-electron chi connectivity index (χ3n) is 2.12. The summed E-state index contributed by atoms with van der Waals surface area (Å²) in [5.41, 5.74) is 2.06. The van der Waals surface area contributed by atoms with Gasteiger partial charge < -0.3 is 4.74 Å². The minimum absolute atomic E-state index is 0.0985. The van der Waals surface area contributed by atoms with Gasteiger partial charge in [-0.2, -0.15) is 0 Å². The van der Waals surface area contributed by atoms with Crippen LogP contribution in [-0.2, 0) is 4.79 Å². The van der Waals surface area contributed by atoms with E-state index < -0.39 is 0 Å². The number of aryl methyl sites for hydroxylation is 1. The standard InChI is InChI=1S/C11H13BrO2/c1-7-4-5-9(14-3)6-10(7)11(12)8(2)13/h4-6,11H,1-3H3. The Morgan fingerprint density at radius 1 is 1.50 bits per heavy atom. The molecule has 14 heavy (non-hydrogen) atoms. The van der Waals surface area contributed by atoms with E-state index in [1.54, 1.807) is 14.0 Å². The maximum Gasteiger partial charge on any atom is 0.147 e. The summed E-state index contributed by atoms with van der Waals surface area (Å²) in [6.45, 7) is 3.55. The molecular formula is C11H13BrO2. The van der Waals surface area contributed by atoms with Crippen LogP contribution in [0.2, 0.25) is 0 Å². The average Bonchev–Trinajstić information content (AvgIpc) is 2.17. The van der Waals surface area contributed by atoms with Crippen molar-refractivity contribution < 1.29 is 9.53 Å². The zero-order valence-corrected chi connectivity index (χ0v) is 10.1. The van der Waals surface area contributed by atoms with Gasteiger partial charge in [0.1, 0.15) is 11.5 Å². The molecule has 0 saturated heterocycles. The first-order valence-electron chi connectivity index (χ1n) is 4.35. The molecule has 76 valence electrons. The molecule has 0 aliphatic carbocycles. The molecule has 0 saturated carbocycles. The van der Waals surface area contributed by atoms with Gasteiger partial charge in [0, 0.05) is 0 Å². The average molecular weight is 257 g/mol. The van der Waals surface area contributed by atoms with Gasteiger partial charge in [0.05, 0.1) is 11.9 Å². The quantitative estimate of drug-likeness (QED) is 0.778. The van der Waals surface area contributed by atoms with Crippen molar-refractivity contribution in [3.05, 3.63) is 29.3 Å². The molecule has 0 aromatic heterocycles. The van der Waals surface area contributed by atoms with E-state index in [2.05, 4.69) is 15.9 Å². The second-order valence-corrected chi connectivity index (χ2v) is 4.11. The van der Waals surface area contributed by atoms with Crippen molar-refractivity contribution in [2.45, 2.75) is 18.7 Å². The van der Waals surface area contributed by atoms with Crippen molar-refractivity contribution in [2.75, 3.05) is 7.11 Å². The molecule has 2 nitrogen and oxygen atoms in total. The van der Waals surface area contributed by atoms with Gasteiger partial charge in [-0.05, 0) is 37.1 Å². The van der Waals surface area contributed by atoms with Crippen molar-refractivity contribution in [1.82, 2.24) is 0 Å². The van der Waals surface area contributed by atoms with Crippen molar-refractivity contribution in [3.63, 3.8) is 0 Å². The molecule has 0 aliphatic rings. The molecule has 0 amide bonds. The van der Waals surface area contributed by atoms with Crippen LogP contribution in [0.1, 0.15) is 22.9 Å². The molecule has 1 atom stereocenters. The number of carbonyl (C=O) groups excluding carboxylic acids is 1. The Kier molecular flexibility index (Phi) is 3.69.